The van der Waals surface area contributed by atoms with E-state index < -0.39 is 35.8 Å². The summed E-state index contributed by atoms with van der Waals surface area (Å²) in [4.78, 5) is 38.1. The highest BCUT2D eigenvalue weighted by Gasteiger charge is 2.40. The molecule has 3 rings (SSSR count). The number of hydrogen-bond donors (Lipinski definition) is 3. The summed E-state index contributed by atoms with van der Waals surface area (Å²) in [7, 11) is 0. The predicted octanol–water partition coefficient (Wildman–Crippen LogP) is -0.721. The van der Waals surface area contributed by atoms with E-state index >= 15 is 0 Å². The molecule has 1 heterocycles. The number of nitrogens with one attached hydrogen (secondary N) is 1. The Labute approximate surface area is 140 Å². The molecule has 2 aliphatic rings. The molecule has 1 aromatic carbocycles. The van der Waals surface area contributed by atoms with Crippen LogP contribution >= 0.6 is 0 Å². The summed E-state index contributed by atoms with van der Waals surface area (Å²) in [6.07, 6.45) is 1.12. The highest BCUT2D eigenvalue weighted by molar-refractivity contribution is 6.03. The van der Waals surface area contributed by atoms with Crippen LogP contribution in [0.25, 0.3) is 0 Å². The van der Waals surface area contributed by atoms with Crippen molar-refractivity contribution in [1.82, 2.24) is 10.2 Å². The zero-order valence-corrected chi connectivity index (χ0v) is 13.4. The maximum Gasteiger partial charge on any atom is 0.255 e. The molecular formula is C17H22N4O3. The van der Waals surface area contributed by atoms with E-state index in [-0.39, 0.29) is 0 Å². The Balaban J connectivity index is 1.81. The van der Waals surface area contributed by atoms with Gasteiger partial charge in [0.2, 0.25) is 11.8 Å². The van der Waals surface area contributed by atoms with Gasteiger partial charge in [0.1, 0.15) is 0 Å². The molecule has 3 amide bonds. The van der Waals surface area contributed by atoms with E-state index in [2.05, 4.69) is 5.32 Å². The average molecular weight is 330 g/mol. The van der Waals surface area contributed by atoms with E-state index in [1.165, 1.54) is 0 Å². The van der Waals surface area contributed by atoms with E-state index in [0.717, 1.165) is 22.4 Å². The molecule has 128 valence electrons. The van der Waals surface area contributed by atoms with Crippen LogP contribution < -0.4 is 16.8 Å². The van der Waals surface area contributed by atoms with Gasteiger partial charge >= 0.3 is 0 Å². The number of carbonyl (C=O) groups is 3. The van der Waals surface area contributed by atoms with Crippen molar-refractivity contribution in [3.63, 3.8) is 0 Å². The van der Waals surface area contributed by atoms with Crippen molar-refractivity contribution < 1.29 is 14.4 Å². The average Bonchev–Trinajstić information content (AvgIpc) is 3.23. The van der Waals surface area contributed by atoms with E-state index in [1.54, 1.807) is 0 Å². The SMILES string of the molecule is NC(=O)C(N)N(C(=O)C1Cc2ccccc2C1)C(=O)[C@@H]1CCCN1. The van der Waals surface area contributed by atoms with E-state index in [0.29, 0.717) is 25.8 Å². The molecule has 0 aromatic heterocycles. The van der Waals surface area contributed by atoms with Gasteiger partial charge < -0.3 is 16.8 Å². The first-order valence-corrected chi connectivity index (χ1v) is 8.21. The number of imide groups is 1. The molecule has 5 N–H and O–H groups in total. The molecule has 2 atom stereocenters. The van der Waals surface area contributed by atoms with Gasteiger partial charge in [0, 0.05) is 5.92 Å². The summed E-state index contributed by atoms with van der Waals surface area (Å²) in [6, 6.07) is 7.31. The van der Waals surface area contributed by atoms with Crippen LogP contribution in [-0.4, -0.2) is 41.4 Å². The Bertz CT molecular complexity index is 645. The van der Waals surface area contributed by atoms with Gasteiger partial charge in [-0.05, 0) is 43.4 Å². The third-order valence-corrected chi connectivity index (χ3v) is 4.80. The Kier molecular flexibility index (Phi) is 4.64. The van der Waals surface area contributed by atoms with Crippen LogP contribution in [-0.2, 0) is 27.2 Å². The molecule has 1 unspecified atom stereocenters. The van der Waals surface area contributed by atoms with Gasteiger partial charge in [-0.2, -0.15) is 0 Å². The van der Waals surface area contributed by atoms with Gasteiger partial charge in [-0.1, -0.05) is 24.3 Å². The summed E-state index contributed by atoms with van der Waals surface area (Å²) < 4.78 is 0. The maximum atomic E-state index is 12.9. The van der Waals surface area contributed by atoms with Crippen molar-refractivity contribution in [3.05, 3.63) is 35.4 Å². The van der Waals surface area contributed by atoms with Crippen LogP contribution in [0.1, 0.15) is 24.0 Å². The monoisotopic (exact) mass is 330 g/mol. The Hall–Kier alpha value is -2.25. The Morgan fingerprint density at radius 1 is 1.12 bits per heavy atom. The molecule has 24 heavy (non-hydrogen) atoms. The lowest BCUT2D eigenvalue weighted by atomic mass is 10.0. The highest BCUT2D eigenvalue weighted by atomic mass is 16.2. The van der Waals surface area contributed by atoms with Gasteiger partial charge in [-0.3, -0.25) is 19.3 Å². The number of nitrogens with two attached hydrogens (primary N) is 2. The second kappa shape index (κ2) is 6.70. The second-order valence-corrected chi connectivity index (χ2v) is 6.42. The van der Waals surface area contributed by atoms with Crippen molar-refractivity contribution in [2.24, 2.45) is 17.4 Å². The van der Waals surface area contributed by atoms with Crippen molar-refractivity contribution >= 4 is 17.7 Å². The minimum Gasteiger partial charge on any atom is -0.367 e. The molecule has 0 saturated carbocycles. The van der Waals surface area contributed by atoms with Crippen LogP contribution in [0.15, 0.2) is 24.3 Å². The van der Waals surface area contributed by atoms with Gasteiger partial charge in [0.05, 0.1) is 6.04 Å². The number of nitrogens with zero attached hydrogens (tertiary/aromatic N) is 1. The smallest absolute Gasteiger partial charge is 0.255 e. The number of fused-ring (bicyclic) bond motifs is 1. The quantitative estimate of drug-likeness (QED) is 0.497. The molecule has 1 aliphatic heterocycles. The number of benzene rings is 1. The standard InChI is InChI=1S/C17H22N4O3/c18-14(15(19)22)21(17(24)13-6-3-7-20-13)16(23)12-8-10-4-1-2-5-11(10)9-12/h1-2,4-5,12-14,20H,3,6-9,18H2,(H2,19,22)/t13-,14?/m0/s1. The molecule has 7 heteroatoms. The molecule has 1 saturated heterocycles. The van der Waals surface area contributed by atoms with Crippen molar-refractivity contribution in [2.75, 3.05) is 6.54 Å². The molecule has 0 spiro atoms. The van der Waals surface area contributed by atoms with E-state index in [9.17, 15) is 14.4 Å². The lowest BCUT2D eigenvalue weighted by Gasteiger charge is -2.29. The van der Waals surface area contributed by atoms with Crippen molar-refractivity contribution in [3.8, 4) is 0 Å². The number of hydrogen-bond acceptors (Lipinski definition) is 5. The second-order valence-electron chi connectivity index (χ2n) is 6.42. The summed E-state index contributed by atoms with van der Waals surface area (Å²) >= 11 is 0. The van der Waals surface area contributed by atoms with Crippen molar-refractivity contribution in [1.29, 1.82) is 0 Å². The summed E-state index contributed by atoms with van der Waals surface area (Å²) in [5.74, 6) is -2.15. The zero-order chi connectivity index (χ0) is 17.3. The lowest BCUT2D eigenvalue weighted by Crippen LogP contribution is -2.60. The molecule has 0 radical (unpaired) electrons. The third-order valence-electron chi connectivity index (χ3n) is 4.80. The largest absolute Gasteiger partial charge is 0.367 e. The fourth-order valence-corrected chi connectivity index (χ4v) is 3.50. The molecule has 1 aromatic rings. The predicted molar refractivity (Wildman–Crippen MR) is 87.4 cm³/mol. The normalized spacial score (nSPS) is 21.3. The van der Waals surface area contributed by atoms with Crippen LogP contribution in [0.3, 0.4) is 0 Å². The first kappa shape index (κ1) is 16.6. The zero-order valence-electron chi connectivity index (χ0n) is 13.4. The van der Waals surface area contributed by atoms with Crippen LogP contribution in [0.5, 0.6) is 0 Å². The van der Waals surface area contributed by atoms with Gasteiger partial charge in [0.25, 0.3) is 5.91 Å². The number of rotatable bonds is 4. The fraction of sp³-hybridized carbons (Fsp3) is 0.471. The number of carbonyl (C=O) groups excluding carboxylic acids is 3. The topological polar surface area (TPSA) is 119 Å². The fourth-order valence-electron chi connectivity index (χ4n) is 3.50. The lowest BCUT2D eigenvalue weighted by molar-refractivity contribution is -0.154. The van der Waals surface area contributed by atoms with Gasteiger partial charge in [-0.25, -0.2) is 0 Å². The minimum atomic E-state index is -1.43. The van der Waals surface area contributed by atoms with E-state index in [1.807, 2.05) is 24.3 Å². The van der Waals surface area contributed by atoms with Crippen LogP contribution in [0.2, 0.25) is 0 Å². The molecule has 1 aliphatic carbocycles. The molecule has 0 bridgehead atoms. The van der Waals surface area contributed by atoms with Crippen molar-refractivity contribution in [2.45, 2.75) is 37.9 Å². The number of amides is 3. The number of primary amides is 1. The minimum absolute atomic E-state index is 0.391. The third kappa shape index (κ3) is 3.05. The van der Waals surface area contributed by atoms with Gasteiger partial charge in [0.15, 0.2) is 6.17 Å². The first-order valence-electron chi connectivity index (χ1n) is 8.21. The Morgan fingerprint density at radius 2 is 1.75 bits per heavy atom. The van der Waals surface area contributed by atoms with Gasteiger partial charge in [-0.15, -0.1) is 0 Å². The van der Waals surface area contributed by atoms with Crippen LogP contribution in [0, 0.1) is 5.92 Å². The summed E-state index contributed by atoms with van der Waals surface area (Å²) in [6.45, 7) is 0.707. The first-order chi connectivity index (χ1) is 11.5. The molecular weight excluding hydrogens is 308 g/mol. The van der Waals surface area contributed by atoms with Crippen LogP contribution in [0.4, 0.5) is 0 Å². The highest BCUT2D eigenvalue weighted by Crippen LogP contribution is 2.28. The summed E-state index contributed by atoms with van der Waals surface area (Å²) in [5.41, 5.74) is 13.2. The Morgan fingerprint density at radius 3 is 2.25 bits per heavy atom. The molecule has 7 nitrogen and oxygen atoms in total. The molecule has 1 fully saturated rings. The maximum absolute atomic E-state index is 12.9. The summed E-state index contributed by atoms with van der Waals surface area (Å²) in [5, 5.41) is 3.04. The van der Waals surface area contributed by atoms with E-state index in [4.69, 9.17) is 11.5 Å².